The molecular formula is C17H31N3. The highest BCUT2D eigenvalue weighted by Crippen LogP contribution is 2.40. The van der Waals surface area contributed by atoms with Crippen molar-refractivity contribution in [3.63, 3.8) is 0 Å². The Labute approximate surface area is 124 Å². The van der Waals surface area contributed by atoms with E-state index >= 15 is 0 Å². The van der Waals surface area contributed by atoms with Crippen LogP contribution in [0.5, 0.6) is 0 Å². The van der Waals surface area contributed by atoms with Gasteiger partial charge in [-0.15, -0.1) is 0 Å². The maximum Gasteiger partial charge on any atom is 0.0522 e. The summed E-state index contributed by atoms with van der Waals surface area (Å²) >= 11 is 0. The van der Waals surface area contributed by atoms with Gasteiger partial charge >= 0.3 is 0 Å². The molecule has 0 spiro atoms. The first-order valence-electron chi connectivity index (χ1n) is 8.22. The number of rotatable bonds is 6. The molecule has 1 fully saturated rings. The van der Waals surface area contributed by atoms with Crippen molar-refractivity contribution in [2.24, 2.45) is 18.4 Å². The highest BCUT2D eigenvalue weighted by Gasteiger charge is 2.31. The van der Waals surface area contributed by atoms with Crippen LogP contribution in [0.1, 0.15) is 58.4 Å². The molecule has 20 heavy (non-hydrogen) atoms. The number of aryl methyl sites for hydroxylation is 1. The van der Waals surface area contributed by atoms with Gasteiger partial charge in [-0.25, -0.2) is 0 Å². The molecule has 114 valence electrons. The summed E-state index contributed by atoms with van der Waals surface area (Å²) in [4.78, 5) is 0. The second-order valence-electron chi connectivity index (χ2n) is 7.12. The third-order valence-electron chi connectivity index (χ3n) is 5.35. The zero-order chi connectivity index (χ0) is 14.6. The molecular weight excluding hydrogens is 246 g/mol. The molecule has 1 aliphatic carbocycles. The minimum absolute atomic E-state index is 0.528. The van der Waals surface area contributed by atoms with Crippen LogP contribution in [0.15, 0.2) is 12.4 Å². The van der Waals surface area contributed by atoms with E-state index in [9.17, 15) is 0 Å². The van der Waals surface area contributed by atoms with Crippen molar-refractivity contribution in [3.05, 3.63) is 18.0 Å². The van der Waals surface area contributed by atoms with E-state index in [0.29, 0.717) is 5.41 Å². The molecule has 1 aromatic heterocycles. The second-order valence-corrected chi connectivity index (χ2v) is 7.12. The molecule has 1 aliphatic rings. The fourth-order valence-electron chi connectivity index (χ4n) is 3.39. The summed E-state index contributed by atoms with van der Waals surface area (Å²) in [5.74, 6) is 0.920. The average Bonchev–Trinajstić information content (AvgIpc) is 2.85. The summed E-state index contributed by atoms with van der Waals surface area (Å²) in [6.07, 6.45) is 12.0. The lowest BCUT2D eigenvalue weighted by Gasteiger charge is -2.39. The van der Waals surface area contributed by atoms with Gasteiger partial charge in [0.15, 0.2) is 0 Å². The van der Waals surface area contributed by atoms with Crippen molar-refractivity contribution in [1.29, 1.82) is 0 Å². The smallest absolute Gasteiger partial charge is 0.0522 e. The predicted molar refractivity (Wildman–Crippen MR) is 84.7 cm³/mol. The Balaban J connectivity index is 1.67. The maximum atomic E-state index is 4.22. The van der Waals surface area contributed by atoms with Gasteiger partial charge in [-0.3, -0.25) is 4.68 Å². The Morgan fingerprint density at radius 1 is 1.30 bits per heavy atom. The summed E-state index contributed by atoms with van der Waals surface area (Å²) in [6, 6.07) is 0.732. The molecule has 0 aromatic carbocycles. The van der Waals surface area contributed by atoms with Crippen LogP contribution >= 0.6 is 0 Å². The number of hydrogen-bond donors (Lipinski definition) is 1. The number of hydrogen-bond acceptors (Lipinski definition) is 2. The third kappa shape index (κ3) is 4.08. The number of aromatic nitrogens is 2. The first-order valence-corrected chi connectivity index (χ1v) is 8.22. The molecule has 0 bridgehead atoms. The fourth-order valence-corrected chi connectivity index (χ4v) is 3.39. The highest BCUT2D eigenvalue weighted by atomic mass is 15.2. The molecule has 3 nitrogen and oxygen atoms in total. The summed E-state index contributed by atoms with van der Waals surface area (Å²) in [5, 5.41) is 7.95. The van der Waals surface area contributed by atoms with Crippen molar-refractivity contribution < 1.29 is 0 Å². The lowest BCUT2D eigenvalue weighted by molar-refractivity contribution is 0.137. The fraction of sp³-hybridized carbons (Fsp3) is 0.824. The van der Waals surface area contributed by atoms with Crippen molar-refractivity contribution in [2.75, 3.05) is 6.54 Å². The minimum atomic E-state index is 0.528. The molecule has 0 unspecified atom stereocenters. The molecule has 0 radical (unpaired) electrons. The van der Waals surface area contributed by atoms with Gasteiger partial charge in [0.25, 0.3) is 0 Å². The number of nitrogens with one attached hydrogen (secondary N) is 1. The van der Waals surface area contributed by atoms with Gasteiger partial charge in [0.1, 0.15) is 0 Å². The zero-order valence-electron chi connectivity index (χ0n) is 13.7. The summed E-state index contributed by atoms with van der Waals surface area (Å²) < 4.78 is 1.88. The third-order valence-corrected chi connectivity index (χ3v) is 5.35. The number of nitrogens with zero attached hydrogens (tertiary/aromatic N) is 2. The molecule has 0 saturated heterocycles. The standard InChI is InChI=1S/C17H31N3/c1-5-17(2,3)15-6-8-16(9-7-15)18-11-10-14-12-19-20(4)13-14/h12-13,15-16,18H,5-11H2,1-4H3. The van der Waals surface area contributed by atoms with Crippen LogP contribution in [0.2, 0.25) is 0 Å². The Morgan fingerprint density at radius 2 is 2.00 bits per heavy atom. The molecule has 0 atom stereocenters. The highest BCUT2D eigenvalue weighted by molar-refractivity contribution is 5.04. The van der Waals surface area contributed by atoms with Crippen LogP contribution in [-0.2, 0) is 13.5 Å². The van der Waals surface area contributed by atoms with Gasteiger partial charge in [-0.1, -0.05) is 27.2 Å². The quantitative estimate of drug-likeness (QED) is 0.862. The molecule has 2 rings (SSSR count). The molecule has 1 aromatic rings. The van der Waals surface area contributed by atoms with E-state index in [1.807, 2.05) is 17.9 Å². The normalized spacial score (nSPS) is 24.0. The van der Waals surface area contributed by atoms with Gasteiger partial charge in [0.05, 0.1) is 6.20 Å². The molecule has 1 saturated carbocycles. The van der Waals surface area contributed by atoms with Crippen molar-refractivity contribution in [2.45, 2.75) is 65.3 Å². The Kier molecular flexibility index (Phi) is 5.25. The maximum absolute atomic E-state index is 4.22. The van der Waals surface area contributed by atoms with Crippen LogP contribution in [0.25, 0.3) is 0 Å². The Bertz CT molecular complexity index is 400. The monoisotopic (exact) mass is 277 g/mol. The second kappa shape index (κ2) is 6.75. The molecule has 0 aliphatic heterocycles. The van der Waals surface area contributed by atoms with Gasteiger partial charge in [-0.2, -0.15) is 5.10 Å². The SMILES string of the molecule is CCC(C)(C)C1CCC(NCCc2cnn(C)c2)CC1. The zero-order valence-corrected chi connectivity index (χ0v) is 13.7. The molecule has 1 heterocycles. The Hall–Kier alpha value is -0.830. The largest absolute Gasteiger partial charge is 0.314 e. The summed E-state index contributed by atoms with van der Waals surface area (Å²) in [7, 11) is 1.98. The van der Waals surface area contributed by atoms with Gasteiger partial charge < -0.3 is 5.32 Å². The van der Waals surface area contributed by atoms with Crippen molar-refractivity contribution >= 4 is 0 Å². The Morgan fingerprint density at radius 3 is 2.55 bits per heavy atom. The van der Waals surface area contributed by atoms with Gasteiger partial charge in [-0.05, 0) is 55.5 Å². The molecule has 0 amide bonds. The minimum Gasteiger partial charge on any atom is -0.314 e. The van der Waals surface area contributed by atoms with Crippen LogP contribution in [0, 0.1) is 11.3 Å². The first-order chi connectivity index (χ1) is 9.51. The topological polar surface area (TPSA) is 29.9 Å². The van der Waals surface area contributed by atoms with E-state index in [0.717, 1.165) is 24.9 Å². The van der Waals surface area contributed by atoms with Gasteiger partial charge in [0, 0.05) is 19.3 Å². The lowest BCUT2D eigenvalue weighted by Crippen LogP contribution is -2.37. The first kappa shape index (κ1) is 15.6. The summed E-state index contributed by atoms with van der Waals surface area (Å²) in [5.41, 5.74) is 1.86. The van der Waals surface area contributed by atoms with E-state index < -0.39 is 0 Å². The van der Waals surface area contributed by atoms with E-state index in [-0.39, 0.29) is 0 Å². The van der Waals surface area contributed by atoms with E-state index in [1.165, 1.54) is 37.7 Å². The van der Waals surface area contributed by atoms with Crippen LogP contribution in [0.3, 0.4) is 0 Å². The van der Waals surface area contributed by atoms with E-state index in [2.05, 4.69) is 37.4 Å². The van der Waals surface area contributed by atoms with Crippen LogP contribution in [-0.4, -0.2) is 22.4 Å². The summed E-state index contributed by atoms with van der Waals surface area (Å²) in [6.45, 7) is 8.29. The predicted octanol–water partition coefficient (Wildman–Crippen LogP) is 3.55. The van der Waals surface area contributed by atoms with Crippen LogP contribution < -0.4 is 5.32 Å². The van der Waals surface area contributed by atoms with Gasteiger partial charge in [0.2, 0.25) is 0 Å². The van der Waals surface area contributed by atoms with E-state index in [1.54, 1.807) is 0 Å². The molecule has 1 N–H and O–H groups in total. The van der Waals surface area contributed by atoms with Crippen molar-refractivity contribution in [3.8, 4) is 0 Å². The van der Waals surface area contributed by atoms with Crippen molar-refractivity contribution in [1.82, 2.24) is 15.1 Å². The molecule has 3 heteroatoms. The van der Waals surface area contributed by atoms with Crippen LogP contribution in [0.4, 0.5) is 0 Å². The average molecular weight is 277 g/mol. The lowest BCUT2D eigenvalue weighted by atomic mass is 9.69. The van der Waals surface area contributed by atoms with E-state index in [4.69, 9.17) is 0 Å².